The Labute approximate surface area is 89.2 Å². The average molecular weight is 218 g/mol. The van der Waals surface area contributed by atoms with Crippen LogP contribution in [-0.4, -0.2) is 35.3 Å². The number of hydrogen-bond acceptors (Lipinski definition) is 4. The Hall–Kier alpha value is -0.220. The second-order valence-electron chi connectivity index (χ2n) is 3.63. The maximum absolute atomic E-state index is 10.9. The fourth-order valence-corrected chi connectivity index (χ4v) is 2.84. The molecule has 1 aliphatic carbocycles. The number of hydrogen-bond donors (Lipinski definition) is 1. The van der Waals surface area contributed by atoms with Gasteiger partial charge < -0.3 is 9.84 Å². The Balaban J connectivity index is 2.29. The van der Waals surface area contributed by atoms with Gasteiger partial charge in [0.15, 0.2) is 0 Å². The molecule has 0 aromatic heterocycles. The van der Waals surface area contributed by atoms with Gasteiger partial charge >= 0.3 is 5.97 Å². The van der Waals surface area contributed by atoms with Crippen LogP contribution in [-0.2, 0) is 9.53 Å². The van der Waals surface area contributed by atoms with Crippen molar-refractivity contribution in [3.05, 3.63) is 0 Å². The molecule has 3 nitrogen and oxygen atoms in total. The number of carbonyl (C=O) groups excluding carboxylic acids is 1. The van der Waals surface area contributed by atoms with Gasteiger partial charge in [-0.2, -0.15) is 0 Å². The summed E-state index contributed by atoms with van der Waals surface area (Å²) in [7, 11) is 1.40. The lowest BCUT2D eigenvalue weighted by atomic mass is 10.1. The highest BCUT2D eigenvalue weighted by molar-refractivity contribution is 8.00. The molecule has 1 fully saturated rings. The zero-order chi connectivity index (χ0) is 10.4. The van der Waals surface area contributed by atoms with Crippen LogP contribution < -0.4 is 0 Å². The Bertz CT molecular complexity index is 184. The first kappa shape index (κ1) is 11.9. The van der Waals surface area contributed by atoms with E-state index in [-0.39, 0.29) is 17.3 Å². The van der Waals surface area contributed by atoms with Crippen molar-refractivity contribution in [3.63, 3.8) is 0 Å². The van der Waals surface area contributed by atoms with Gasteiger partial charge in [0.05, 0.1) is 19.0 Å². The highest BCUT2D eigenvalue weighted by atomic mass is 32.2. The molecule has 82 valence electrons. The van der Waals surface area contributed by atoms with Crippen LogP contribution in [0.4, 0.5) is 0 Å². The Morgan fingerprint density at radius 2 is 2.14 bits per heavy atom. The minimum Gasteiger partial charge on any atom is -0.468 e. The summed E-state index contributed by atoms with van der Waals surface area (Å²) >= 11 is 1.53. The predicted octanol–water partition coefficient (Wildman–Crippen LogP) is 1.59. The van der Waals surface area contributed by atoms with Gasteiger partial charge in [-0.1, -0.05) is 19.3 Å². The second kappa shape index (κ2) is 6.30. The number of ether oxygens (including phenoxy) is 1. The number of aliphatic hydroxyl groups excluding tert-OH is 1. The van der Waals surface area contributed by atoms with Crippen molar-refractivity contribution in [2.45, 2.75) is 43.5 Å². The van der Waals surface area contributed by atoms with E-state index in [1.807, 2.05) is 0 Å². The van der Waals surface area contributed by atoms with E-state index in [4.69, 9.17) is 0 Å². The first-order chi connectivity index (χ1) is 6.74. The van der Waals surface area contributed by atoms with Crippen molar-refractivity contribution in [3.8, 4) is 0 Å². The molecular weight excluding hydrogens is 200 g/mol. The molecule has 0 heterocycles. The van der Waals surface area contributed by atoms with Gasteiger partial charge in [0.2, 0.25) is 0 Å². The van der Waals surface area contributed by atoms with E-state index in [1.165, 1.54) is 25.3 Å². The molecule has 0 aliphatic heterocycles. The number of aliphatic hydroxyl groups is 1. The van der Waals surface area contributed by atoms with Crippen LogP contribution in [0.1, 0.15) is 32.1 Å². The maximum Gasteiger partial charge on any atom is 0.315 e. The summed E-state index contributed by atoms with van der Waals surface area (Å²) in [5.74, 6) is 0.157. The van der Waals surface area contributed by atoms with Crippen LogP contribution in [0.3, 0.4) is 0 Å². The van der Waals surface area contributed by atoms with Crippen molar-refractivity contribution in [1.82, 2.24) is 0 Å². The third kappa shape index (κ3) is 3.88. The molecule has 1 aliphatic rings. The minimum absolute atomic E-state index is 0.202. The molecule has 1 saturated carbocycles. The maximum atomic E-state index is 10.9. The third-order valence-corrected chi connectivity index (χ3v) is 3.94. The molecule has 0 aromatic rings. The molecule has 0 spiro atoms. The van der Waals surface area contributed by atoms with Crippen molar-refractivity contribution < 1.29 is 14.6 Å². The van der Waals surface area contributed by atoms with E-state index >= 15 is 0 Å². The largest absolute Gasteiger partial charge is 0.468 e. The lowest BCUT2D eigenvalue weighted by Gasteiger charge is -2.18. The summed E-state index contributed by atoms with van der Waals surface area (Å²) in [5.41, 5.74) is 0. The molecule has 0 bridgehead atoms. The van der Waals surface area contributed by atoms with E-state index in [9.17, 15) is 9.90 Å². The van der Waals surface area contributed by atoms with Crippen molar-refractivity contribution in [2.75, 3.05) is 12.9 Å². The predicted molar refractivity (Wildman–Crippen MR) is 57.4 cm³/mol. The Kier molecular flexibility index (Phi) is 5.33. The number of esters is 1. The van der Waals surface area contributed by atoms with Crippen molar-refractivity contribution >= 4 is 17.7 Å². The van der Waals surface area contributed by atoms with Crippen LogP contribution in [0, 0.1) is 0 Å². The molecule has 0 amide bonds. The van der Waals surface area contributed by atoms with E-state index in [2.05, 4.69) is 4.74 Å². The monoisotopic (exact) mass is 218 g/mol. The zero-order valence-corrected chi connectivity index (χ0v) is 9.39. The van der Waals surface area contributed by atoms with Crippen molar-refractivity contribution in [2.24, 2.45) is 0 Å². The first-order valence-electron chi connectivity index (χ1n) is 5.10. The summed E-state index contributed by atoms with van der Waals surface area (Å²) in [5, 5.41) is 9.98. The molecule has 14 heavy (non-hydrogen) atoms. The molecular formula is C10H18O3S. The van der Waals surface area contributed by atoms with Gasteiger partial charge in [-0.15, -0.1) is 11.8 Å². The lowest BCUT2D eigenvalue weighted by Crippen LogP contribution is -2.23. The van der Waals surface area contributed by atoms with E-state index < -0.39 is 0 Å². The van der Waals surface area contributed by atoms with Gasteiger partial charge in [0, 0.05) is 5.25 Å². The van der Waals surface area contributed by atoms with Gasteiger partial charge in [0.1, 0.15) is 0 Å². The first-order valence-corrected chi connectivity index (χ1v) is 6.15. The Morgan fingerprint density at radius 1 is 1.43 bits per heavy atom. The van der Waals surface area contributed by atoms with Crippen LogP contribution >= 0.6 is 11.8 Å². The fraction of sp³-hybridized carbons (Fsp3) is 0.900. The molecule has 0 saturated heterocycles. The average Bonchev–Trinajstić information content (AvgIpc) is 2.39. The molecule has 1 rings (SSSR count). The molecule has 4 heteroatoms. The minimum atomic E-state index is -0.243. The van der Waals surface area contributed by atoms with E-state index in [0.717, 1.165) is 25.7 Å². The SMILES string of the molecule is COC(=O)CSC1CCCCCC1O. The fourth-order valence-electron chi connectivity index (χ4n) is 1.68. The second-order valence-corrected chi connectivity index (χ2v) is 4.86. The lowest BCUT2D eigenvalue weighted by molar-refractivity contribution is -0.137. The normalized spacial score (nSPS) is 28.1. The summed E-state index contributed by atoms with van der Waals surface area (Å²) in [4.78, 5) is 10.9. The molecule has 0 aromatic carbocycles. The van der Waals surface area contributed by atoms with Gasteiger partial charge in [-0.3, -0.25) is 4.79 Å². The van der Waals surface area contributed by atoms with Gasteiger partial charge in [0.25, 0.3) is 0 Å². The summed E-state index contributed by atoms with van der Waals surface area (Å²) in [6, 6.07) is 0. The number of rotatable bonds is 3. The molecule has 1 N–H and O–H groups in total. The van der Waals surface area contributed by atoms with Crippen LogP contribution in [0.5, 0.6) is 0 Å². The number of thioether (sulfide) groups is 1. The van der Waals surface area contributed by atoms with Crippen molar-refractivity contribution in [1.29, 1.82) is 0 Å². The standard InChI is InChI=1S/C10H18O3S/c1-13-10(12)7-14-9-6-4-2-3-5-8(9)11/h8-9,11H,2-7H2,1H3. The molecule has 2 unspecified atom stereocenters. The smallest absolute Gasteiger partial charge is 0.315 e. The topological polar surface area (TPSA) is 46.5 Å². The quantitative estimate of drug-likeness (QED) is 0.577. The summed E-state index contributed by atoms with van der Waals surface area (Å²) in [6.07, 6.45) is 5.12. The number of carbonyl (C=O) groups is 1. The highest BCUT2D eigenvalue weighted by Crippen LogP contribution is 2.27. The summed E-state index contributed by atoms with van der Waals surface area (Å²) < 4.78 is 4.57. The zero-order valence-electron chi connectivity index (χ0n) is 8.57. The molecule has 0 radical (unpaired) electrons. The van der Waals surface area contributed by atoms with Crippen LogP contribution in [0.25, 0.3) is 0 Å². The van der Waals surface area contributed by atoms with E-state index in [0.29, 0.717) is 5.75 Å². The molecule has 2 atom stereocenters. The third-order valence-electron chi connectivity index (χ3n) is 2.56. The van der Waals surface area contributed by atoms with Gasteiger partial charge in [-0.05, 0) is 12.8 Å². The Morgan fingerprint density at radius 3 is 2.86 bits per heavy atom. The highest BCUT2D eigenvalue weighted by Gasteiger charge is 2.22. The van der Waals surface area contributed by atoms with E-state index in [1.54, 1.807) is 0 Å². The number of methoxy groups -OCH3 is 1. The summed E-state index contributed by atoms with van der Waals surface area (Å²) in [6.45, 7) is 0. The van der Waals surface area contributed by atoms with Crippen LogP contribution in [0.15, 0.2) is 0 Å². The van der Waals surface area contributed by atoms with Gasteiger partial charge in [-0.25, -0.2) is 0 Å². The van der Waals surface area contributed by atoms with Crippen LogP contribution in [0.2, 0.25) is 0 Å².